The minimum atomic E-state index is 0.972. The molecule has 2 nitrogen and oxygen atoms in total. The highest BCUT2D eigenvalue weighted by molar-refractivity contribution is 14.1. The Kier molecular flexibility index (Phi) is 3.18. The molecule has 14 heavy (non-hydrogen) atoms. The van der Waals surface area contributed by atoms with Crippen molar-refractivity contribution in [2.45, 2.75) is 6.92 Å². The number of halogens is 2. The largest absolute Gasteiger partial charge is 0.178 e. The Morgan fingerprint density at radius 1 is 1.36 bits per heavy atom. The van der Waals surface area contributed by atoms with Gasteiger partial charge in [0.2, 0.25) is 0 Å². The van der Waals surface area contributed by atoms with Gasteiger partial charge >= 0.3 is 0 Å². The predicted octanol–water partition coefficient (Wildman–Crippen LogP) is 3.88. The molecule has 1 aromatic carbocycles. The van der Waals surface area contributed by atoms with E-state index in [4.69, 9.17) is 0 Å². The average Bonchev–Trinajstić information content (AvgIpc) is 2.51. The molecule has 0 aliphatic heterocycles. The van der Waals surface area contributed by atoms with Crippen molar-refractivity contribution < 1.29 is 0 Å². The summed E-state index contributed by atoms with van der Waals surface area (Å²) in [6.07, 6.45) is 0. The molecular weight excluding hydrogens is 375 g/mol. The smallest absolute Gasteiger partial charge is 0.137 e. The van der Waals surface area contributed by atoms with Crippen molar-refractivity contribution in [1.82, 2.24) is 10.2 Å². The summed E-state index contributed by atoms with van der Waals surface area (Å²) < 4.78 is 2.07. The number of rotatable bonds is 1. The Bertz CT molecular complexity index is 470. The van der Waals surface area contributed by atoms with Gasteiger partial charge in [-0.05, 0) is 47.2 Å². The van der Waals surface area contributed by atoms with Crippen LogP contribution in [0.2, 0.25) is 0 Å². The number of aryl methyl sites for hydroxylation is 1. The van der Waals surface area contributed by atoms with E-state index in [2.05, 4.69) is 67.8 Å². The van der Waals surface area contributed by atoms with Crippen molar-refractivity contribution >= 4 is 49.9 Å². The van der Waals surface area contributed by atoms with E-state index >= 15 is 0 Å². The molecule has 72 valence electrons. The van der Waals surface area contributed by atoms with E-state index in [0.29, 0.717) is 0 Å². The first-order valence-electron chi connectivity index (χ1n) is 3.92. The molecule has 0 aliphatic rings. The van der Waals surface area contributed by atoms with Crippen molar-refractivity contribution in [2.24, 2.45) is 0 Å². The molecule has 0 unspecified atom stereocenters. The van der Waals surface area contributed by atoms with Gasteiger partial charge in [0, 0.05) is 10.0 Å². The zero-order valence-electron chi connectivity index (χ0n) is 7.29. The molecule has 0 spiro atoms. The molecule has 0 N–H and O–H groups in total. The quantitative estimate of drug-likeness (QED) is 0.701. The Balaban J connectivity index is 2.52. The third-order valence-corrected chi connectivity index (χ3v) is 3.93. The highest BCUT2D eigenvalue weighted by atomic mass is 127. The molecule has 0 radical (unpaired) electrons. The van der Waals surface area contributed by atoms with Crippen molar-refractivity contribution in [3.05, 3.63) is 31.2 Å². The lowest BCUT2D eigenvalue weighted by Gasteiger charge is -2.01. The first-order valence-corrected chi connectivity index (χ1v) is 6.61. The van der Waals surface area contributed by atoms with Crippen LogP contribution in [-0.2, 0) is 0 Å². The predicted molar refractivity (Wildman–Crippen MR) is 70.5 cm³/mol. The Morgan fingerprint density at radius 3 is 2.71 bits per heavy atom. The molecule has 0 aliphatic carbocycles. The summed E-state index contributed by atoms with van der Waals surface area (Å²) in [7, 11) is 0. The summed E-state index contributed by atoms with van der Waals surface area (Å²) in [4.78, 5) is 0. The molecule has 0 atom stereocenters. The third kappa shape index (κ3) is 2.14. The normalized spacial score (nSPS) is 10.5. The molecule has 1 aromatic heterocycles. The van der Waals surface area contributed by atoms with Crippen LogP contribution in [0.1, 0.15) is 5.56 Å². The van der Waals surface area contributed by atoms with Gasteiger partial charge in [-0.15, -0.1) is 10.2 Å². The van der Waals surface area contributed by atoms with E-state index in [-0.39, 0.29) is 0 Å². The second kappa shape index (κ2) is 4.24. The fourth-order valence-corrected chi connectivity index (χ4v) is 3.05. The van der Waals surface area contributed by atoms with Gasteiger partial charge in [-0.3, -0.25) is 0 Å². The lowest BCUT2D eigenvalue weighted by Crippen LogP contribution is -1.82. The summed E-state index contributed by atoms with van der Waals surface area (Å²) in [6, 6.07) is 6.18. The molecule has 2 aromatic rings. The van der Waals surface area contributed by atoms with Crippen LogP contribution in [0, 0.1) is 9.94 Å². The lowest BCUT2D eigenvalue weighted by molar-refractivity contribution is 1.07. The zero-order chi connectivity index (χ0) is 10.1. The van der Waals surface area contributed by atoms with E-state index in [0.717, 1.165) is 18.1 Å². The maximum absolute atomic E-state index is 4.12. The van der Waals surface area contributed by atoms with Crippen molar-refractivity contribution in [3.8, 4) is 10.6 Å². The summed E-state index contributed by atoms with van der Waals surface area (Å²) in [5.41, 5.74) is 2.38. The van der Waals surface area contributed by atoms with E-state index < -0.39 is 0 Å². The van der Waals surface area contributed by atoms with Gasteiger partial charge in [0.15, 0.2) is 3.01 Å². The van der Waals surface area contributed by atoms with Crippen LogP contribution in [0.15, 0.2) is 22.7 Å². The molecule has 0 saturated carbocycles. The molecule has 0 saturated heterocycles. The summed E-state index contributed by atoms with van der Waals surface area (Å²) in [5, 5.41) is 9.11. The Labute approximate surface area is 108 Å². The van der Waals surface area contributed by atoms with Gasteiger partial charge in [0.1, 0.15) is 5.01 Å². The molecule has 5 heteroatoms. The minimum absolute atomic E-state index is 0.972. The van der Waals surface area contributed by atoms with Gasteiger partial charge < -0.3 is 0 Å². The van der Waals surface area contributed by atoms with E-state index in [1.54, 1.807) is 11.3 Å². The standard InChI is InChI=1S/C9H6BrIN2S/c1-5-4-6(10)2-3-7(5)8-12-13-9(11)14-8/h2-4H,1H3. The maximum atomic E-state index is 4.12. The lowest BCUT2D eigenvalue weighted by atomic mass is 10.1. The second-order valence-corrected chi connectivity index (χ2v) is 6.47. The second-order valence-electron chi connectivity index (χ2n) is 2.82. The SMILES string of the molecule is Cc1cc(Br)ccc1-c1nnc(I)s1. The highest BCUT2D eigenvalue weighted by Crippen LogP contribution is 2.28. The van der Waals surface area contributed by atoms with Crippen LogP contribution >= 0.6 is 49.9 Å². The molecule has 0 amide bonds. The summed E-state index contributed by atoms with van der Waals surface area (Å²) in [5.74, 6) is 0. The Hall–Kier alpha value is -0.0100. The number of benzene rings is 1. The van der Waals surface area contributed by atoms with Crippen LogP contribution in [0.4, 0.5) is 0 Å². The zero-order valence-corrected chi connectivity index (χ0v) is 11.9. The van der Waals surface area contributed by atoms with Gasteiger partial charge in [0.05, 0.1) is 0 Å². The maximum Gasteiger partial charge on any atom is 0.178 e. The third-order valence-electron chi connectivity index (χ3n) is 1.82. The summed E-state index contributed by atoms with van der Waals surface area (Å²) in [6.45, 7) is 2.08. The molecule has 0 bridgehead atoms. The molecule has 1 heterocycles. The van der Waals surface area contributed by atoms with Gasteiger partial charge in [-0.1, -0.05) is 33.3 Å². The fourth-order valence-electron chi connectivity index (χ4n) is 1.18. The first kappa shape index (κ1) is 10.5. The highest BCUT2D eigenvalue weighted by Gasteiger charge is 2.07. The topological polar surface area (TPSA) is 25.8 Å². The van der Waals surface area contributed by atoms with Gasteiger partial charge in [0.25, 0.3) is 0 Å². The van der Waals surface area contributed by atoms with Crippen LogP contribution in [-0.4, -0.2) is 10.2 Å². The van der Waals surface area contributed by atoms with Crippen LogP contribution in [0.3, 0.4) is 0 Å². The average molecular weight is 381 g/mol. The minimum Gasteiger partial charge on any atom is -0.137 e. The van der Waals surface area contributed by atoms with Gasteiger partial charge in [-0.25, -0.2) is 0 Å². The van der Waals surface area contributed by atoms with Crippen LogP contribution < -0.4 is 0 Å². The monoisotopic (exact) mass is 380 g/mol. The molecule has 0 fully saturated rings. The van der Waals surface area contributed by atoms with E-state index in [1.165, 1.54) is 5.56 Å². The number of aromatic nitrogens is 2. The number of hydrogen-bond donors (Lipinski definition) is 0. The molecule has 2 rings (SSSR count). The number of nitrogens with zero attached hydrogens (tertiary/aromatic N) is 2. The van der Waals surface area contributed by atoms with Crippen molar-refractivity contribution in [2.75, 3.05) is 0 Å². The van der Waals surface area contributed by atoms with Crippen molar-refractivity contribution in [1.29, 1.82) is 0 Å². The van der Waals surface area contributed by atoms with Gasteiger partial charge in [-0.2, -0.15) is 0 Å². The van der Waals surface area contributed by atoms with Crippen molar-refractivity contribution in [3.63, 3.8) is 0 Å². The van der Waals surface area contributed by atoms with Crippen LogP contribution in [0.25, 0.3) is 10.6 Å². The van der Waals surface area contributed by atoms with E-state index in [9.17, 15) is 0 Å². The van der Waals surface area contributed by atoms with Crippen LogP contribution in [0.5, 0.6) is 0 Å². The first-order chi connectivity index (χ1) is 6.66. The summed E-state index contributed by atoms with van der Waals surface area (Å²) >= 11 is 7.23. The molecular formula is C9H6BrIN2S. The fraction of sp³-hybridized carbons (Fsp3) is 0.111. The Morgan fingerprint density at radius 2 is 2.14 bits per heavy atom. The number of hydrogen-bond acceptors (Lipinski definition) is 3. The van der Waals surface area contributed by atoms with E-state index in [1.807, 2.05) is 6.07 Å².